The molecular weight excluding hydrogens is 596 g/mol. The number of benzene rings is 2. The number of hydrogen-bond acceptors (Lipinski definition) is 7. The zero-order valence-corrected chi connectivity index (χ0v) is 27.6. The first-order valence-electron chi connectivity index (χ1n) is 16.3. The number of carbonyl (C=O) groups is 2. The Morgan fingerprint density at radius 3 is 2.66 bits per heavy atom. The summed E-state index contributed by atoms with van der Waals surface area (Å²) in [7, 11) is 3.67. The van der Waals surface area contributed by atoms with E-state index < -0.39 is 12.1 Å². The van der Waals surface area contributed by atoms with Crippen LogP contribution in [-0.4, -0.2) is 102 Å². The first kappa shape index (κ1) is 32.5. The van der Waals surface area contributed by atoms with Crippen LogP contribution in [0.2, 0.25) is 0 Å². The van der Waals surface area contributed by atoms with Crippen LogP contribution in [0.5, 0.6) is 0 Å². The number of pyridine rings is 1. The maximum absolute atomic E-state index is 14.6. The first-order valence-corrected chi connectivity index (χ1v) is 16.3. The summed E-state index contributed by atoms with van der Waals surface area (Å²) in [5, 5.41) is 14.3. The van der Waals surface area contributed by atoms with Crippen molar-refractivity contribution in [3.05, 3.63) is 78.1 Å². The van der Waals surface area contributed by atoms with Crippen LogP contribution in [0.4, 0.5) is 16.3 Å². The molecule has 248 valence electrons. The molecule has 11 heteroatoms. The highest BCUT2D eigenvalue weighted by molar-refractivity contribution is 6.10. The van der Waals surface area contributed by atoms with Crippen molar-refractivity contribution in [2.75, 3.05) is 63.3 Å². The zero-order valence-electron chi connectivity index (χ0n) is 27.6. The zero-order chi connectivity index (χ0) is 33.1. The number of aryl methyl sites for hydroxylation is 1. The van der Waals surface area contributed by atoms with Crippen LogP contribution < -0.4 is 10.2 Å². The minimum Gasteiger partial charge on any atom is -0.394 e. The largest absolute Gasteiger partial charge is 0.394 e. The average Bonchev–Trinajstić information content (AvgIpc) is 3.39. The van der Waals surface area contributed by atoms with Gasteiger partial charge in [0.05, 0.1) is 38.6 Å². The van der Waals surface area contributed by atoms with Crippen LogP contribution in [0.25, 0.3) is 22.0 Å². The Labute approximate surface area is 275 Å². The Balaban J connectivity index is 1.29. The van der Waals surface area contributed by atoms with Crippen LogP contribution in [0.3, 0.4) is 0 Å². The molecule has 2 aliphatic rings. The number of morpholine rings is 1. The fourth-order valence-electron chi connectivity index (χ4n) is 6.56. The van der Waals surface area contributed by atoms with E-state index >= 15 is 0 Å². The minimum absolute atomic E-state index is 0.151. The van der Waals surface area contributed by atoms with E-state index in [0.717, 1.165) is 46.5 Å². The number of aliphatic hydroxyl groups excluding tert-OH is 1. The van der Waals surface area contributed by atoms with E-state index in [2.05, 4.69) is 15.2 Å². The summed E-state index contributed by atoms with van der Waals surface area (Å²) in [5.74, 6) is 0.479. The highest BCUT2D eigenvalue weighted by Crippen LogP contribution is 2.38. The number of para-hydroxylation sites is 1. The maximum Gasteiger partial charge on any atom is 0.321 e. The predicted octanol–water partition coefficient (Wildman–Crippen LogP) is 4.60. The normalized spacial score (nSPS) is 19.5. The predicted molar refractivity (Wildman–Crippen MR) is 183 cm³/mol. The van der Waals surface area contributed by atoms with Crippen LogP contribution in [0.1, 0.15) is 29.9 Å². The summed E-state index contributed by atoms with van der Waals surface area (Å²) < 4.78 is 14.1. The Kier molecular flexibility index (Phi) is 9.76. The Morgan fingerprint density at radius 1 is 1.13 bits per heavy atom. The molecule has 0 aliphatic carbocycles. The van der Waals surface area contributed by atoms with Gasteiger partial charge in [-0.2, -0.15) is 0 Å². The number of likely N-dealkylation sites (N-methyl/N-ethyl adjacent to an activating group) is 1. The third kappa shape index (κ3) is 6.69. The molecule has 11 nitrogen and oxygen atoms in total. The first-order chi connectivity index (χ1) is 22.8. The van der Waals surface area contributed by atoms with Gasteiger partial charge in [-0.05, 0) is 30.2 Å². The molecule has 6 rings (SSSR count). The van der Waals surface area contributed by atoms with Crippen LogP contribution in [0, 0.1) is 5.92 Å². The molecule has 0 unspecified atom stereocenters. The van der Waals surface area contributed by atoms with E-state index in [4.69, 9.17) is 9.47 Å². The lowest BCUT2D eigenvalue weighted by atomic mass is 9.96. The lowest BCUT2D eigenvalue weighted by Gasteiger charge is -2.35. The SMILES string of the molecule is C[C@H]1CN([C@@H](C)CO)C(=O)c2c(c3ccccc3n2C)-c2ccccc2CO[C@@H]1CN(C)C(=O)Nc1ccnc(N2CCOCC2)c1. The molecule has 2 aromatic heterocycles. The monoisotopic (exact) mass is 640 g/mol. The number of nitrogens with one attached hydrogen (secondary N) is 1. The molecule has 47 heavy (non-hydrogen) atoms. The number of aromatic nitrogens is 2. The summed E-state index contributed by atoms with van der Waals surface area (Å²) >= 11 is 0. The van der Waals surface area contributed by atoms with Gasteiger partial charge in [-0.3, -0.25) is 4.79 Å². The van der Waals surface area contributed by atoms with E-state index in [0.29, 0.717) is 44.3 Å². The fraction of sp³-hybridized carbons (Fsp3) is 0.417. The number of anilines is 2. The Bertz CT molecular complexity index is 1730. The van der Waals surface area contributed by atoms with E-state index in [1.54, 1.807) is 29.1 Å². The van der Waals surface area contributed by atoms with Crippen molar-refractivity contribution in [1.82, 2.24) is 19.4 Å². The standard InChI is InChI=1S/C36H44N6O5/c1-24-20-42(25(2)22-43)35(44)34-33(29-11-7-8-12-30(29)40(34)4)28-10-6-5-9-26(28)23-47-31(24)21-39(3)36(45)38-27-13-14-37-32(19-27)41-15-17-46-18-16-41/h5-14,19,24-25,31,43H,15-18,20-23H2,1-4H3,(H,37,38,45)/t24-,25-,31+/m0/s1. The van der Waals surface area contributed by atoms with Gasteiger partial charge in [0.1, 0.15) is 11.5 Å². The van der Waals surface area contributed by atoms with Gasteiger partial charge in [-0.1, -0.05) is 49.4 Å². The number of ether oxygens (including phenoxy) is 2. The van der Waals surface area contributed by atoms with Crippen LogP contribution in [0.15, 0.2) is 66.9 Å². The number of fused-ring (bicyclic) bond motifs is 5. The summed E-state index contributed by atoms with van der Waals surface area (Å²) in [4.78, 5) is 38.0. The number of hydrogen-bond donors (Lipinski definition) is 2. The van der Waals surface area contributed by atoms with Gasteiger partial charge in [0.15, 0.2) is 0 Å². The molecule has 3 amide bonds. The third-order valence-electron chi connectivity index (χ3n) is 9.36. The third-order valence-corrected chi connectivity index (χ3v) is 9.36. The van der Waals surface area contributed by atoms with E-state index in [-0.39, 0.29) is 24.5 Å². The van der Waals surface area contributed by atoms with Crippen molar-refractivity contribution in [3.63, 3.8) is 0 Å². The summed E-state index contributed by atoms with van der Waals surface area (Å²) in [5.41, 5.74) is 4.94. The fourth-order valence-corrected chi connectivity index (χ4v) is 6.56. The number of aliphatic hydroxyl groups is 1. The average molecular weight is 641 g/mol. The molecule has 1 fully saturated rings. The molecular formula is C36H44N6O5. The quantitative estimate of drug-likeness (QED) is 0.317. The number of rotatable bonds is 6. The van der Waals surface area contributed by atoms with Gasteiger partial charge >= 0.3 is 6.03 Å². The molecule has 4 aromatic rings. The maximum atomic E-state index is 14.6. The van der Waals surface area contributed by atoms with E-state index in [1.807, 2.05) is 80.1 Å². The van der Waals surface area contributed by atoms with Crippen molar-refractivity contribution >= 4 is 34.3 Å². The van der Waals surface area contributed by atoms with Gasteiger partial charge in [0.25, 0.3) is 5.91 Å². The highest BCUT2D eigenvalue weighted by Gasteiger charge is 2.34. The van der Waals surface area contributed by atoms with Gasteiger partial charge in [0, 0.05) is 80.6 Å². The van der Waals surface area contributed by atoms with Crippen molar-refractivity contribution < 1.29 is 24.2 Å². The molecule has 0 saturated carbocycles. The molecule has 2 aromatic carbocycles. The molecule has 2 N–H and O–H groups in total. The highest BCUT2D eigenvalue weighted by atomic mass is 16.5. The van der Waals surface area contributed by atoms with Crippen LogP contribution in [-0.2, 0) is 23.1 Å². The second-order valence-corrected chi connectivity index (χ2v) is 12.6. The van der Waals surface area contributed by atoms with E-state index in [9.17, 15) is 14.7 Å². The van der Waals surface area contributed by atoms with Gasteiger partial charge in [-0.25, -0.2) is 9.78 Å². The second kappa shape index (κ2) is 14.1. The van der Waals surface area contributed by atoms with Crippen molar-refractivity contribution in [2.45, 2.75) is 32.6 Å². The lowest BCUT2D eigenvalue weighted by Crippen LogP contribution is -2.48. The number of nitrogens with zero attached hydrogens (tertiary/aromatic N) is 5. The van der Waals surface area contributed by atoms with Crippen molar-refractivity contribution in [1.29, 1.82) is 0 Å². The molecule has 0 radical (unpaired) electrons. The molecule has 4 heterocycles. The molecule has 3 atom stereocenters. The Hall–Kier alpha value is -4.45. The van der Waals surface area contributed by atoms with Gasteiger partial charge in [0.2, 0.25) is 0 Å². The smallest absolute Gasteiger partial charge is 0.321 e. The minimum atomic E-state index is -0.430. The molecule has 0 spiro atoms. The van der Waals surface area contributed by atoms with Gasteiger partial charge < -0.3 is 39.2 Å². The number of amides is 3. The summed E-state index contributed by atoms with van der Waals surface area (Å²) in [6.07, 6.45) is 1.29. The topological polar surface area (TPSA) is 112 Å². The number of urea groups is 1. The summed E-state index contributed by atoms with van der Waals surface area (Å²) in [6, 6.07) is 19.0. The van der Waals surface area contributed by atoms with Crippen molar-refractivity contribution in [2.24, 2.45) is 13.0 Å². The van der Waals surface area contributed by atoms with E-state index in [1.165, 1.54) is 0 Å². The molecule has 1 saturated heterocycles. The lowest BCUT2D eigenvalue weighted by molar-refractivity contribution is -0.0179. The number of carbonyl (C=O) groups excluding carboxylic acids is 2. The van der Waals surface area contributed by atoms with Crippen LogP contribution >= 0.6 is 0 Å². The van der Waals surface area contributed by atoms with Gasteiger partial charge in [-0.15, -0.1) is 0 Å². The van der Waals surface area contributed by atoms with Crippen molar-refractivity contribution in [3.8, 4) is 11.1 Å². The Morgan fingerprint density at radius 2 is 1.87 bits per heavy atom. The second-order valence-electron chi connectivity index (χ2n) is 12.6. The summed E-state index contributed by atoms with van der Waals surface area (Å²) in [6.45, 7) is 7.44. The molecule has 2 aliphatic heterocycles. The molecule has 0 bridgehead atoms.